The van der Waals surface area contributed by atoms with Crippen LogP contribution < -0.4 is 5.73 Å². The maximum Gasteiger partial charge on any atom is 0.300 e. The van der Waals surface area contributed by atoms with Crippen molar-refractivity contribution >= 4 is 11.8 Å². The van der Waals surface area contributed by atoms with Gasteiger partial charge in [-0.05, 0) is 0 Å². The molecule has 0 radical (unpaired) electrons. The van der Waals surface area contributed by atoms with E-state index in [0.717, 1.165) is 6.92 Å². The smallest absolute Gasteiger partial charge is 0.300 e. The van der Waals surface area contributed by atoms with E-state index in [0.29, 0.717) is 5.56 Å². The molecule has 0 aliphatic heterocycles. The normalized spacial score (nSPS) is 8.46. The Morgan fingerprint density at radius 1 is 1.77 bits per heavy atom. The number of carbonyl (C=O) groups is 1. The lowest BCUT2D eigenvalue weighted by molar-refractivity contribution is -0.134. The fraction of sp³-hybridized carbons (Fsp3) is 0.286. The summed E-state index contributed by atoms with van der Waals surface area (Å²) >= 11 is 0. The third-order valence-corrected chi connectivity index (χ3v) is 1.02. The number of nitrogens with one attached hydrogen (secondary N) is 1. The zero-order chi connectivity index (χ0) is 10.4. The molecule has 1 rings (SSSR count). The van der Waals surface area contributed by atoms with Gasteiger partial charge in [-0.15, -0.1) is 0 Å². The van der Waals surface area contributed by atoms with E-state index in [1.807, 2.05) is 0 Å². The summed E-state index contributed by atoms with van der Waals surface area (Å²) < 4.78 is 1.61. The molecule has 0 unspecified atom stereocenters. The van der Waals surface area contributed by atoms with Crippen LogP contribution in [0.5, 0.6) is 0 Å². The lowest BCUT2D eigenvalue weighted by Gasteiger charge is -1.85. The molecule has 0 amide bonds. The fourth-order valence-corrected chi connectivity index (χ4v) is 0.560. The van der Waals surface area contributed by atoms with Crippen LogP contribution in [0.1, 0.15) is 12.5 Å². The summed E-state index contributed by atoms with van der Waals surface area (Å²) in [7, 11) is 1.78. The van der Waals surface area contributed by atoms with Gasteiger partial charge < -0.3 is 10.8 Å². The van der Waals surface area contributed by atoms with Crippen LogP contribution >= 0.6 is 0 Å². The predicted octanol–water partition coefficient (Wildman–Crippen LogP) is -0.205. The predicted molar refractivity (Wildman–Crippen MR) is 47.5 cm³/mol. The highest BCUT2D eigenvalue weighted by Gasteiger charge is 1.95. The number of rotatable bonds is 1. The molecule has 0 aliphatic carbocycles. The molecule has 0 aliphatic rings. The molecule has 0 saturated heterocycles. The van der Waals surface area contributed by atoms with E-state index < -0.39 is 5.97 Å². The molecule has 0 spiro atoms. The van der Waals surface area contributed by atoms with Crippen molar-refractivity contribution in [3.63, 3.8) is 0 Å². The van der Waals surface area contributed by atoms with Crippen molar-refractivity contribution in [1.29, 1.82) is 5.41 Å². The van der Waals surface area contributed by atoms with Crippen LogP contribution in [0, 0.1) is 5.41 Å². The standard InChI is InChI=1S/C5H8N4.C2H4O2/c1-9-3-4(2-8-9)5(6)7;1-2(3)4/h2-3H,1H3,(H3,6,7);1H3,(H,3,4). The lowest BCUT2D eigenvalue weighted by atomic mass is 10.3. The van der Waals surface area contributed by atoms with E-state index in [9.17, 15) is 0 Å². The SMILES string of the molecule is CC(=O)O.Cn1cc(C(=N)N)cn1. The number of nitrogen functional groups attached to an aromatic ring is 1. The van der Waals surface area contributed by atoms with Crippen molar-refractivity contribution in [3.05, 3.63) is 18.0 Å². The summed E-state index contributed by atoms with van der Waals surface area (Å²) in [4.78, 5) is 9.00. The number of amidine groups is 1. The van der Waals surface area contributed by atoms with E-state index in [1.165, 1.54) is 0 Å². The summed E-state index contributed by atoms with van der Waals surface area (Å²) in [6.45, 7) is 1.08. The van der Waals surface area contributed by atoms with Gasteiger partial charge in [0, 0.05) is 20.2 Å². The van der Waals surface area contributed by atoms with Crippen molar-refractivity contribution in [2.75, 3.05) is 0 Å². The van der Waals surface area contributed by atoms with Gasteiger partial charge >= 0.3 is 0 Å². The minimum atomic E-state index is -0.833. The molecule has 0 saturated carbocycles. The molecule has 4 N–H and O–H groups in total. The van der Waals surface area contributed by atoms with E-state index in [-0.39, 0.29) is 5.84 Å². The summed E-state index contributed by atoms with van der Waals surface area (Å²) in [5.41, 5.74) is 5.82. The number of hydrogen-bond donors (Lipinski definition) is 3. The molecule has 6 nitrogen and oxygen atoms in total. The molecule has 0 bridgehead atoms. The zero-order valence-corrected chi connectivity index (χ0v) is 7.48. The summed E-state index contributed by atoms with van der Waals surface area (Å²) in [6.07, 6.45) is 3.25. The second-order valence-corrected chi connectivity index (χ2v) is 2.34. The Labute approximate surface area is 75.5 Å². The summed E-state index contributed by atoms with van der Waals surface area (Å²) in [5, 5.41) is 18.2. The first-order chi connectivity index (χ1) is 5.93. The molecule has 0 aromatic carbocycles. The van der Waals surface area contributed by atoms with Gasteiger partial charge in [-0.3, -0.25) is 14.9 Å². The average Bonchev–Trinajstić information content (AvgIpc) is 2.34. The molecule has 0 fully saturated rings. The number of hydrogen-bond acceptors (Lipinski definition) is 3. The van der Waals surface area contributed by atoms with E-state index >= 15 is 0 Å². The second kappa shape index (κ2) is 4.91. The van der Waals surface area contributed by atoms with Gasteiger partial charge in [0.1, 0.15) is 5.84 Å². The molecule has 1 aromatic heterocycles. The Morgan fingerprint density at radius 3 is 2.38 bits per heavy atom. The molecule has 13 heavy (non-hydrogen) atoms. The number of aromatic nitrogens is 2. The van der Waals surface area contributed by atoms with Gasteiger partial charge in [0.15, 0.2) is 0 Å². The van der Waals surface area contributed by atoms with Crippen molar-refractivity contribution in [2.45, 2.75) is 6.92 Å². The Bertz CT molecular complexity index is 301. The van der Waals surface area contributed by atoms with Crippen LogP contribution in [-0.2, 0) is 11.8 Å². The molecule has 6 heteroatoms. The highest BCUT2D eigenvalue weighted by Crippen LogP contribution is 1.91. The first kappa shape index (κ1) is 11.2. The number of carboxylic acid groups (broad SMARTS) is 1. The average molecular weight is 184 g/mol. The van der Waals surface area contributed by atoms with Crippen LogP contribution in [0.25, 0.3) is 0 Å². The van der Waals surface area contributed by atoms with Gasteiger partial charge in [-0.25, -0.2) is 0 Å². The van der Waals surface area contributed by atoms with E-state index in [4.69, 9.17) is 21.0 Å². The Morgan fingerprint density at radius 2 is 2.23 bits per heavy atom. The van der Waals surface area contributed by atoms with Gasteiger partial charge in [-0.1, -0.05) is 0 Å². The monoisotopic (exact) mass is 184 g/mol. The molecular weight excluding hydrogens is 172 g/mol. The highest BCUT2D eigenvalue weighted by atomic mass is 16.4. The first-order valence-electron chi connectivity index (χ1n) is 3.46. The van der Waals surface area contributed by atoms with Crippen molar-refractivity contribution in [2.24, 2.45) is 12.8 Å². The number of nitrogens with two attached hydrogens (primary N) is 1. The summed E-state index contributed by atoms with van der Waals surface area (Å²) in [6, 6.07) is 0. The number of nitrogens with zero attached hydrogens (tertiary/aromatic N) is 2. The fourth-order valence-electron chi connectivity index (χ4n) is 0.560. The number of aliphatic carboxylic acids is 1. The molecule has 1 heterocycles. The van der Waals surface area contributed by atoms with Crippen LogP contribution in [0.4, 0.5) is 0 Å². The van der Waals surface area contributed by atoms with Gasteiger partial charge in [-0.2, -0.15) is 5.10 Å². The third kappa shape index (κ3) is 5.42. The second-order valence-electron chi connectivity index (χ2n) is 2.34. The topological polar surface area (TPSA) is 105 Å². The van der Waals surface area contributed by atoms with E-state index in [1.54, 1.807) is 24.1 Å². The maximum atomic E-state index is 9.00. The zero-order valence-electron chi connectivity index (χ0n) is 7.48. The molecular formula is C7H12N4O2. The number of aryl methyl sites for hydroxylation is 1. The van der Waals surface area contributed by atoms with Crippen LogP contribution in [0.3, 0.4) is 0 Å². The Kier molecular flexibility index (Phi) is 4.21. The van der Waals surface area contributed by atoms with Crippen molar-refractivity contribution in [3.8, 4) is 0 Å². The van der Waals surface area contributed by atoms with Crippen LogP contribution in [0.2, 0.25) is 0 Å². The summed E-state index contributed by atoms with van der Waals surface area (Å²) in [5.74, 6) is -0.775. The molecule has 1 aromatic rings. The van der Waals surface area contributed by atoms with Crippen LogP contribution in [0.15, 0.2) is 12.4 Å². The van der Waals surface area contributed by atoms with Crippen LogP contribution in [-0.4, -0.2) is 26.7 Å². The first-order valence-corrected chi connectivity index (χ1v) is 3.46. The van der Waals surface area contributed by atoms with Crippen molar-refractivity contribution < 1.29 is 9.90 Å². The third-order valence-electron chi connectivity index (χ3n) is 1.02. The Hall–Kier alpha value is -1.85. The molecule has 0 atom stereocenters. The van der Waals surface area contributed by atoms with Gasteiger partial charge in [0.2, 0.25) is 0 Å². The quantitative estimate of drug-likeness (QED) is 0.415. The number of carboxylic acids is 1. The minimum absolute atomic E-state index is 0.0584. The van der Waals surface area contributed by atoms with E-state index in [2.05, 4.69) is 5.10 Å². The minimum Gasteiger partial charge on any atom is -0.481 e. The largest absolute Gasteiger partial charge is 0.481 e. The van der Waals surface area contributed by atoms with Gasteiger partial charge in [0.25, 0.3) is 5.97 Å². The highest BCUT2D eigenvalue weighted by molar-refractivity contribution is 5.94. The van der Waals surface area contributed by atoms with Crippen molar-refractivity contribution in [1.82, 2.24) is 9.78 Å². The Balaban J connectivity index is 0.000000310. The lowest BCUT2D eigenvalue weighted by Crippen LogP contribution is -2.09. The maximum absolute atomic E-state index is 9.00. The molecule has 72 valence electrons. The van der Waals surface area contributed by atoms with Gasteiger partial charge in [0.05, 0.1) is 11.8 Å².